The molecule has 2 rings (SSSR count). The van der Waals surface area contributed by atoms with Crippen LogP contribution in [-0.4, -0.2) is 29.0 Å². The Balaban J connectivity index is 1.65. The highest BCUT2D eigenvalue weighted by atomic mass is 16.1. The third-order valence-electron chi connectivity index (χ3n) is 3.33. The van der Waals surface area contributed by atoms with Crippen molar-refractivity contribution in [2.24, 2.45) is 5.92 Å². The molecule has 5 heteroatoms. The maximum atomic E-state index is 11.6. The first-order valence-electron chi connectivity index (χ1n) is 6.22. The van der Waals surface area contributed by atoms with Gasteiger partial charge in [-0.1, -0.05) is 0 Å². The molecule has 0 saturated carbocycles. The van der Waals surface area contributed by atoms with Gasteiger partial charge in [0.15, 0.2) is 0 Å². The normalized spacial score (nSPS) is 19.5. The van der Waals surface area contributed by atoms with Crippen LogP contribution < -0.4 is 10.6 Å². The summed E-state index contributed by atoms with van der Waals surface area (Å²) < 4.78 is 0. The molecule has 1 amide bonds. The summed E-state index contributed by atoms with van der Waals surface area (Å²) in [7, 11) is 0. The van der Waals surface area contributed by atoms with E-state index in [1.165, 1.54) is 6.42 Å². The highest BCUT2D eigenvalue weighted by molar-refractivity contribution is 5.75. The Morgan fingerprint density at radius 1 is 1.65 bits per heavy atom. The smallest absolute Gasteiger partial charge is 0.220 e. The maximum absolute atomic E-state index is 11.6. The van der Waals surface area contributed by atoms with Crippen molar-refractivity contribution in [3.8, 4) is 0 Å². The number of amides is 1. The number of carbonyl (C=O) groups excluding carboxylic acids is 1. The van der Waals surface area contributed by atoms with E-state index in [1.807, 2.05) is 6.92 Å². The summed E-state index contributed by atoms with van der Waals surface area (Å²) in [6.45, 7) is 4.64. The van der Waals surface area contributed by atoms with Crippen LogP contribution in [0.25, 0.3) is 0 Å². The van der Waals surface area contributed by atoms with Gasteiger partial charge in [-0.2, -0.15) is 0 Å². The first-order valence-corrected chi connectivity index (χ1v) is 6.22. The van der Waals surface area contributed by atoms with E-state index in [0.717, 1.165) is 30.9 Å². The Hall–Kier alpha value is -1.36. The molecule has 1 aromatic rings. The molecule has 17 heavy (non-hydrogen) atoms. The van der Waals surface area contributed by atoms with Gasteiger partial charge in [-0.15, -0.1) is 0 Å². The Morgan fingerprint density at radius 3 is 3.18 bits per heavy atom. The molecule has 0 spiro atoms. The van der Waals surface area contributed by atoms with E-state index in [-0.39, 0.29) is 5.91 Å². The minimum atomic E-state index is 0.124. The number of carbonyl (C=O) groups is 1. The number of hydrogen-bond donors (Lipinski definition) is 3. The summed E-state index contributed by atoms with van der Waals surface area (Å²) in [4.78, 5) is 18.8. The number of imidazole rings is 1. The van der Waals surface area contributed by atoms with Crippen LogP contribution in [0.5, 0.6) is 0 Å². The number of hydrogen-bond acceptors (Lipinski definition) is 3. The monoisotopic (exact) mass is 236 g/mol. The third-order valence-corrected chi connectivity index (χ3v) is 3.33. The molecule has 0 radical (unpaired) electrons. The van der Waals surface area contributed by atoms with Gasteiger partial charge < -0.3 is 15.6 Å². The van der Waals surface area contributed by atoms with Crippen LogP contribution in [0, 0.1) is 12.8 Å². The van der Waals surface area contributed by atoms with Gasteiger partial charge in [0.05, 0.1) is 18.6 Å². The lowest BCUT2D eigenvalue weighted by molar-refractivity contribution is -0.121. The largest absolute Gasteiger partial charge is 0.350 e. The summed E-state index contributed by atoms with van der Waals surface area (Å²) in [5.74, 6) is 0.798. The second-order valence-electron chi connectivity index (χ2n) is 4.65. The predicted molar refractivity (Wildman–Crippen MR) is 65.4 cm³/mol. The number of rotatable bonds is 5. The minimum Gasteiger partial charge on any atom is -0.350 e. The van der Waals surface area contributed by atoms with Crippen molar-refractivity contribution in [1.29, 1.82) is 0 Å². The van der Waals surface area contributed by atoms with E-state index >= 15 is 0 Å². The van der Waals surface area contributed by atoms with Crippen molar-refractivity contribution >= 4 is 5.91 Å². The maximum Gasteiger partial charge on any atom is 0.220 e. The van der Waals surface area contributed by atoms with Gasteiger partial charge >= 0.3 is 0 Å². The van der Waals surface area contributed by atoms with Gasteiger partial charge in [0, 0.05) is 12.1 Å². The fourth-order valence-electron chi connectivity index (χ4n) is 2.13. The molecule has 1 aliphatic heterocycles. The molecule has 1 fully saturated rings. The molecule has 1 atom stereocenters. The fourth-order valence-corrected chi connectivity index (χ4v) is 2.13. The van der Waals surface area contributed by atoms with E-state index in [4.69, 9.17) is 0 Å². The molecule has 3 N–H and O–H groups in total. The molecular formula is C12H20N4O. The number of H-pyrrole nitrogens is 1. The summed E-state index contributed by atoms with van der Waals surface area (Å²) >= 11 is 0. The average molecular weight is 236 g/mol. The molecule has 5 nitrogen and oxygen atoms in total. The van der Waals surface area contributed by atoms with Gasteiger partial charge in [-0.05, 0) is 38.8 Å². The quantitative estimate of drug-likeness (QED) is 0.705. The van der Waals surface area contributed by atoms with Crippen molar-refractivity contribution in [2.75, 3.05) is 13.1 Å². The van der Waals surface area contributed by atoms with Crippen LogP contribution in [0.15, 0.2) is 6.33 Å². The highest BCUT2D eigenvalue weighted by Gasteiger charge is 2.15. The summed E-state index contributed by atoms with van der Waals surface area (Å²) in [6, 6.07) is 0. The number of nitrogens with zero attached hydrogens (tertiary/aromatic N) is 1. The van der Waals surface area contributed by atoms with E-state index in [1.54, 1.807) is 6.33 Å². The van der Waals surface area contributed by atoms with Gasteiger partial charge in [0.1, 0.15) is 0 Å². The molecule has 2 heterocycles. The standard InChI is InChI=1S/C12H20N4O/c1-9-11(16-8-15-9)7-14-12(17)3-2-10-4-5-13-6-10/h8,10,13H,2-7H2,1H3,(H,14,17)(H,15,16). The zero-order chi connectivity index (χ0) is 12.1. The second-order valence-corrected chi connectivity index (χ2v) is 4.65. The molecule has 1 unspecified atom stereocenters. The second kappa shape index (κ2) is 5.82. The van der Waals surface area contributed by atoms with Crippen molar-refractivity contribution in [3.63, 3.8) is 0 Å². The molecule has 0 aliphatic carbocycles. The SMILES string of the molecule is Cc1[nH]cnc1CNC(=O)CCC1CCNC1. The van der Waals surface area contributed by atoms with E-state index in [9.17, 15) is 4.79 Å². The highest BCUT2D eigenvalue weighted by Crippen LogP contribution is 2.14. The predicted octanol–water partition coefficient (Wildman–Crippen LogP) is 0.724. The lowest BCUT2D eigenvalue weighted by atomic mass is 10.0. The van der Waals surface area contributed by atoms with Crippen molar-refractivity contribution < 1.29 is 4.79 Å². The molecule has 0 bridgehead atoms. The zero-order valence-electron chi connectivity index (χ0n) is 10.3. The van der Waals surface area contributed by atoms with Gasteiger partial charge in [0.2, 0.25) is 5.91 Å². The molecule has 0 aromatic carbocycles. The van der Waals surface area contributed by atoms with Crippen molar-refractivity contribution in [2.45, 2.75) is 32.7 Å². The minimum absolute atomic E-state index is 0.124. The van der Waals surface area contributed by atoms with Crippen LogP contribution >= 0.6 is 0 Å². The van der Waals surface area contributed by atoms with Crippen LogP contribution in [-0.2, 0) is 11.3 Å². The van der Waals surface area contributed by atoms with Gasteiger partial charge in [-0.3, -0.25) is 4.79 Å². The third kappa shape index (κ3) is 3.56. The lowest BCUT2D eigenvalue weighted by Gasteiger charge is -2.08. The molecule has 94 valence electrons. The summed E-state index contributed by atoms with van der Waals surface area (Å²) in [5, 5.41) is 6.22. The first-order chi connectivity index (χ1) is 8.25. The van der Waals surface area contributed by atoms with Crippen molar-refractivity contribution in [3.05, 3.63) is 17.7 Å². The molecular weight excluding hydrogens is 216 g/mol. The van der Waals surface area contributed by atoms with E-state index in [2.05, 4.69) is 20.6 Å². The number of aryl methyl sites for hydroxylation is 1. The van der Waals surface area contributed by atoms with Crippen LogP contribution in [0.4, 0.5) is 0 Å². The molecule has 1 aliphatic rings. The summed E-state index contributed by atoms with van der Waals surface area (Å²) in [5.41, 5.74) is 1.94. The van der Waals surface area contributed by atoms with Crippen LogP contribution in [0.2, 0.25) is 0 Å². The Morgan fingerprint density at radius 2 is 2.53 bits per heavy atom. The Kier molecular flexibility index (Phi) is 4.14. The van der Waals surface area contributed by atoms with Crippen molar-refractivity contribution in [1.82, 2.24) is 20.6 Å². The first kappa shape index (κ1) is 12.1. The van der Waals surface area contributed by atoms with Gasteiger partial charge in [-0.25, -0.2) is 4.98 Å². The zero-order valence-corrected chi connectivity index (χ0v) is 10.3. The van der Waals surface area contributed by atoms with Gasteiger partial charge in [0.25, 0.3) is 0 Å². The van der Waals surface area contributed by atoms with Crippen LogP contribution in [0.3, 0.4) is 0 Å². The molecule has 1 aromatic heterocycles. The average Bonchev–Trinajstić information content (AvgIpc) is 2.95. The Labute approximate surface area is 101 Å². The Bertz CT molecular complexity index is 368. The fraction of sp³-hybridized carbons (Fsp3) is 0.667. The van der Waals surface area contributed by atoms with E-state index in [0.29, 0.717) is 18.9 Å². The van der Waals surface area contributed by atoms with E-state index < -0.39 is 0 Å². The number of aromatic amines is 1. The number of nitrogens with one attached hydrogen (secondary N) is 3. The van der Waals surface area contributed by atoms with Crippen LogP contribution in [0.1, 0.15) is 30.7 Å². The topological polar surface area (TPSA) is 69.8 Å². The summed E-state index contributed by atoms with van der Waals surface area (Å²) in [6.07, 6.45) is 4.46. The lowest BCUT2D eigenvalue weighted by Crippen LogP contribution is -2.24. The number of aromatic nitrogens is 2. The molecule has 1 saturated heterocycles.